The van der Waals surface area contributed by atoms with Gasteiger partial charge in [0.25, 0.3) is 6.08 Å². The Morgan fingerprint density at radius 1 is 1.47 bits per heavy atom. The van der Waals surface area contributed by atoms with Crippen LogP contribution in [0.3, 0.4) is 0 Å². The molecule has 0 bridgehead atoms. The Kier molecular flexibility index (Phi) is 5.88. The van der Waals surface area contributed by atoms with Crippen molar-refractivity contribution in [2.75, 3.05) is 12.9 Å². The third kappa shape index (κ3) is 4.59. The highest BCUT2D eigenvalue weighted by molar-refractivity contribution is 7.98. The van der Waals surface area contributed by atoms with Crippen LogP contribution in [0, 0.1) is 6.92 Å². The number of rotatable bonds is 5. The van der Waals surface area contributed by atoms with E-state index >= 15 is 0 Å². The molecule has 0 amide bonds. The van der Waals surface area contributed by atoms with Crippen molar-refractivity contribution >= 4 is 17.7 Å². The first-order valence-corrected chi connectivity index (χ1v) is 6.73. The number of aryl methyl sites for hydroxylation is 1. The van der Waals surface area contributed by atoms with Gasteiger partial charge >= 0.3 is 5.97 Å². The van der Waals surface area contributed by atoms with Gasteiger partial charge in [-0.3, -0.25) is 0 Å². The summed E-state index contributed by atoms with van der Waals surface area (Å²) in [7, 11) is 0. The zero-order valence-electron chi connectivity index (χ0n) is 10.9. The number of esters is 1. The fourth-order valence-electron chi connectivity index (χ4n) is 1.21. The lowest BCUT2D eigenvalue weighted by atomic mass is 10.2. The topological polar surface area (TPSA) is 52.1 Å². The second kappa shape index (κ2) is 7.18. The van der Waals surface area contributed by atoms with E-state index in [2.05, 4.69) is 9.97 Å². The van der Waals surface area contributed by atoms with Crippen LogP contribution in [0.2, 0.25) is 0 Å². The van der Waals surface area contributed by atoms with Gasteiger partial charge in [-0.2, -0.15) is 8.78 Å². The predicted octanol–water partition coefficient (Wildman–Crippen LogP) is 3.22. The van der Waals surface area contributed by atoms with Crippen molar-refractivity contribution in [3.63, 3.8) is 0 Å². The minimum Gasteiger partial charge on any atom is -0.462 e. The normalized spacial score (nSPS) is 10.2. The van der Waals surface area contributed by atoms with Gasteiger partial charge < -0.3 is 4.74 Å². The Balaban J connectivity index is 2.62. The minimum absolute atomic E-state index is 0.0108. The molecule has 1 aromatic heterocycles. The number of thioether (sulfide) groups is 1. The summed E-state index contributed by atoms with van der Waals surface area (Å²) >= 11 is 1.36. The van der Waals surface area contributed by atoms with Crippen molar-refractivity contribution in [2.45, 2.75) is 25.4 Å². The smallest absolute Gasteiger partial charge is 0.341 e. The van der Waals surface area contributed by atoms with E-state index in [4.69, 9.17) is 4.74 Å². The third-order valence-electron chi connectivity index (χ3n) is 2.39. The molecule has 1 rings (SSSR count). The first-order valence-electron chi connectivity index (χ1n) is 5.51. The highest BCUT2D eigenvalue weighted by Gasteiger charge is 2.13. The maximum absolute atomic E-state index is 12.1. The summed E-state index contributed by atoms with van der Waals surface area (Å²) in [6.07, 6.45) is 1.49. The Bertz CT molecular complexity index is 503. The molecule has 0 aromatic carbocycles. The van der Waals surface area contributed by atoms with E-state index in [1.54, 1.807) is 6.92 Å². The number of hydrogen-bond acceptors (Lipinski definition) is 5. The number of hydrogen-bond donors (Lipinski definition) is 0. The van der Waals surface area contributed by atoms with Crippen molar-refractivity contribution in [1.82, 2.24) is 9.97 Å². The molecule has 0 saturated carbocycles. The Hall–Kier alpha value is -1.50. The van der Waals surface area contributed by atoms with Gasteiger partial charge in [-0.25, -0.2) is 14.8 Å². The molecular formula is C12H14F2N2O2S. The fraction of sp³-hybridized carbons (Fsp3) is 0.417. The van der Waals surface area contributed by atoms with Gasteiger partial charge in [0.1, 0.15) is 0 Å². The fourth-order valence-corrected chi connectivity index (χ4v) is 1.60. The molecule has 0 saturated heterocycles. The maximum Gasteiger partial charge on any atom is 0.341 e. The number of aromatic nitrogens is 2. The minimum atomic E-state index is -1.74. The standard InChI is InChI=1S/C12H14F2N2O2S/c1-7(10(13)14)4-5-18-11(17)9-6-15-12(19-3)16-8(9)2/h6H,4-5H2,1-3H3. The molecule has 0 aliphatic heterocycles. The van der Waals surface area contributed by atoms with Crippen LogP contribution in [0.5, 0.6) is 0 Å². The van der Waals surface area contributed by atoms with Crippen LogP contribution in [0.25, 0.3) is 0 Å². The van der Waals surface area contributed by atoms with Crippen LogP contribution in [-0.4, -0.2) is 28.8 Å². The predicted molar refractivity (Wildman–Crippen MR) is 68.4 cm³/mol. The molecule has 4 nitrogen and oxygen atoms in total. The average Bonchev–Trinajstić information content (AvgIpc) is 2.37. The summed E-state index contributed by atoms with van der Waals surface area (Å²) in [5.74, 6) is -0.600. The molecule has 1 aromatic rings. The third-order valence-corrected chi connectivity index (χ3v) is 2.95. The van der Waals surface area contributed by atoms with Crippen molar-refractivity contribution in [3.05, 3.63) is 29.1 Å². The summed E-state index contributed by atoms with van der Waals surface area (Å²) in [5, 5.41) is 0.562. The van der Waals surface area contributed by atoms with Gasteiger partial charge in [-0.15, -0.1) is 0 Å². The largest absolute Gasteiger partial charge is 0.462 e. The highest BCUT2D eigenvalue weighted by atomic mass is 32.2. The molecule has 0 atom stereocenters. The van der Waals surface area contributed by atoms with Crippen LogP contribution in [0.4, 0.5) is 8.78 Å². The Morgan fingerprint density at radius 2 is 2.16 bits per heavy atom. The number of nitrogens with zero attached hydrogens (tertiary/aromatic N) is 2. The second-order valence-corrected chi connectivity index (χ2v) is 4.56. The number of carbonyl (C=O) groups excluding carboxylic acids is 1. The van der Waals surface area contributed by atoms with E-state index in [0.717, 1.165) is 0 Å². The van der Waals surface area contributed by atoms with Gasteiger partial charge in [-0.05, 0) is 25.7 Å². The molecule has 0 aliphatic carbocycles. The quantitative estimate of drug-likeness (QED) is 0.473. The van der Waals surface area contributed by atoms with E-state index in [1.807, 2.05) is 6.26 Å². The summed E-state index contributed by atoms with van der Waals surface area (Å²) in [6, 6.07) is 0. The van der Waals surface area contributed by atoms with Crippen molar-refractivity contribution in [1.29, 1.82) is 0 Å². The lowest BCUT2D eigenvalue weighted by Gasteiger charge is -2.07. The first kappa shape index (κ1) is 15.6. The van der Waals surface area contributed by atoms with Gasteiger partial charge in [0.15, 0.2) is 5.16 Å². The lowest BCUT2D eigenvalue weighted by molar-refractivity contribution is 0.0505. The van der Waals surface area contributed by atoms with Gasteiger partial charge in [-0.1, -0.05) is 11.8 Å². The summed E-state index contributed by atoms with van der Waals surface area (Å²) in [4.78, 5) is 19.8. The van der Waals surface area contributed by atoms with E-state index in [9.17, 15) is 13.6 Å². The lowest BCUT2D eigenvalue weighted by Crippen LogP contribution is -2.10. The zero-order chi connectivity index (χ0) is 14.4. The van der Waals surface area contributed by atoms with Crippen LogP contribution in [0.15, 0.2) is 23.0 Å². The molecule has 19 heavy (non-hydrogen) atoms. The molecule has 0 spiro atoms. The van der Waals surface area contributed by atoms with E-state index in [-0.39, 0.29) is 24.2 Å². The van der Waals surface area contributed by atoms with Crippen LogP contribution >= 0.6 is 11.8 Å². The number of carbonyl (C=O) groups is 1. The van der Waals surface area contributed by atoms with E-state index in [0.29, 0.717) is 10.9 Å². The van der Waals surface area contributed by atoms with Crippen LogP contribution < -0.4 is 0 Å². The maximum atomic E-state index is 12.1. The average molecular weight is 288 g/mol. The number of halogens is 2. The molecule has 104 valence electrons. The van der Waals surface area contributed by atoms with Gasteiger partial charge in [0, 0.05) is 12.6 Å². The van der Waals surface area contributed by atoms with Gasteiger partial charge in [0.05, 0.1) is 17.9 Å². The molecule has 0 unspecified atom stereocenters. The Morgan fingerprint density at radius 3 is 2.68 bits per heavy atom. The number of ether oxygens (including phenoxy) is 1. The van der Waals surface area contributed by atoms with E-state index in [1.165, 1.54) is 24.9 Å². The molecule has 0 radical (unpaired) electrons. The molecule has 1 heterocycles. The second-order valence-electron chi connectivity index (χ2n) is 3.78. The highest BCUT2D eigenvalue weighted by Crippen LogP contribution is 2.14. The molecule has 0 aliphatic rings. The van der Waals surface area contributed by atoms with Crippen molar-refractivity contribution in [2.24, 2.45) is 0 Å². The zero-order valence-corrected chi connectivity index (χ0v) is 11.7. The summed E-state index contributed by atoms with van der Waals surface area (Å²) in [5.41, 5.74) is 0.673. The molecular weight excluding hydrogens is 274 g/mol. The monoisotopic (exact) mass is 288 g/mol. The SMILES string of the molecule is CSc1ncc(C(=O)OCCC(C)=C(F)F)c(C)n1. The summed E-state index contributed by atoms with van der Waals surface area (Å²) < 4.78 is 29.2. The first-order chi connectivity index (χ1) is 8.95. The Labute approximate surface area is 114 Å². The van der Waals surface area contributed by atoms with Crippen LogP contribution in [0.1, 0.15) is 29.4 Å². The van der Waals surface area contributed by atoms with E-state index < -0.39 is 12.0 Å². The molecule has 0 fully saturated rings. The van der Waals surface area contributed by atoms with Crippen LogP contribution in [-0.2, 0) is 4.74 Å². The van der Waals surface area contributed by atoms with Crippen molar-refractivity contribution < 1.29 is 18.3 Å². The van der Waals surface area contributed by atoms with Crippen molar-refractivity contribution in [3.8, 4) is 0 Å². The molecule has 0 N–H and O–H groups in total. The summed E-state index contributed by atoms with van der Waals surface area (Å²) in [6.45, 7) is 2.88. The molecule has 7 heteroatoms. The van der Waals surface area contributed by atoms with Gasteiger partial charge in [0.2, 0.25) is 0 Å².